The topological polar surface area (TPSA) is 45.9 Å². The average molecular weight is 262 g/mol. The van der Waals surface area contributed by atoms with Crippen LogP contribution in [0.5, 0.6) is 11.6 Å². The second-order valence-electron chi connectivity index (χ2n) is 5.32. The highest BCUT2D eigenvalue weighted by Gasteiger charge is 2.21. The number of aryl methyl sites for hydroxylation is 2. The zero-order chi connectivity index (χ0) is 14.1. The van der Waals surface area contributed by atoms with Crippen LogP contribution in [0.25, 0.3) is 0 Å². The third-order valence-electron chi connectivity index (χ3n) is 3.83. The molecule has 1 aliphatic heterocycles. The van der Waals surface area contributed by atoms with Crippen LogP contribution in [0, 0.1) is 18.3 Å². The first-order valence-corrected chi connectivity index (χ1v) is 6.86. The summed E-state index contributed by atoms with van der Waals surface area (Å²) in [4.78, 5) is 4.30. The van der Waals surface area contributed by atoms with Crippen LogP contribution in [0.4, 0.5) is 0 Å². The molecule has 2 aromatic rings. The molecule has 0 fully saturated rings. The second-order valence-corrected chi connectivity index (χ2v) is 5.32. The molecule has 3 nitrogen and oxygen atoms in total. The molecule has 0 saturated carbocycles. The predicted molar refractivity (Wildman–Crippen MR) is 80.0 cm³/mol. The van der Waals surface area contributed by atoms with Gasteiger partial charge < -0.3 is 4.74 Å². The fraction of sp³-hybridized carbons (Fsp3) is 0.250. The Labute approximate surface area is 119 Å². The molecule has 1 aromatic carbocycles. The summed E-state index contributed by atoms with van der Waals surface area (Å²) in [6.45, 7) is 4.77. The quantitative estimate of drug-likeness (QED) is 0.781. The summed E-state index contributed by atoms with van der Waals surface area (Å²) in [5.74, 6) is 1.14. The molecule has 20 heavy (non-hydrogen) atoms. The van der Waals surface area contributed by atoms with E-state index >= 15 is 0 Å². The number of pyridine rings is 1. The van der Waals surface area contributed by atoms with Gasteiger partial charge in [0, 0.05) is 5.69 Å². The Morgan fingerprint density at radius 2 is 2.15 bits per heavy atom. The molecule has 1 aliphatic rings. The monoisotopic (exact) mass is 262 g/mol. The lowest BCUT2D eigenvalue weighted by molar-refractivity contribution is 0.459. The van der Waals surface area contributed by atoms with Crippen LogP contribution in [0.3, 0.4) is 0 Å². The SMILES string of the molecule is CB1CCc2cc(Oc3nc(C)ccc3C#N)ccc21. The average Bonchev–Trinajstić information content (AvgIpc) is 2.80. The zero-order valence-corrected chi connectivity index (χ0v) is 11.7. The van der Waals surface area contributed by atoms with E-state index in [1.165, 1.54) is 17.3 Å². The summed E-state index contributed by atoms with van der Waals surface area (Å²) in [5, 5.41) is 9.11. The fourth-order valence-electron chi connectivity index (χ4n) is 2.68. The van der Waals surface area contributed by atoms with Crippen molar-refractivity contribution >= 4 is 12.2 Å². The molecule has 4 heteroatoms. The van der Waals surface area contributed by atoms with Crippen molar-refractivity contribution in [2.75, 3.05) is 0 Å². The minimum absolute atomic E-state index is 0.387. The molecule has 0 aliphatic carbocycles. The lowest BCUT2D eigenvalue weighted by atomic mass is 9.48. The molecule has 0 saturated heterocycles. The van der Waals surface area contributed by atoms with Gasteiger partial charge in [-0.25, -0.2) is 4.98 Å². The predicted octanol–water partition coefficient (Wildman–Crippen LogP) is 2.94. The van der Waals surface area contributed by atoms with E-state index in [2.05, 4.69) is 30.0 Å². The highest BCUT2D eigenvalue weighted by Crippen LogP contribution is 2.26. The second kappa shape index (κ2) is 5.01. The van der Waals surface area contributed by atoms with Crippen LogP contribution in [-0.4, -0.2) is 11.7 Å². The summed E-state index contributed by atoms with van der Waals surface area (Å²) >= 11 is 0. The van der Waals surface area contributed by atoms with E-state index in [9.17, 15) is 0 Å². The van der Waals surface area contributed by atoms with Crippen molar-refractivity contribution in [3.05, 3.63) is 47.2 Å². The van der Waals surface area contributed by atoms with E-state index in [4.69, 9.17) is 10.00 Å². The maximum atomic E-state index is 9.11. The van der Waals surface area contributed by atoms with Crippen molar-refractivity contribution in [1.82, 2.24) is 4.98 Å². The van der Waals surface area contributed by atoms with Crippen LogP contribution >= 0.6 is 0 Å². The lowest BCUT2D eigenvalue weighted by Crippen LogP contribution is -2.21. The van der Waals surface area contributed by atoms with E-state index in [0.717, 1.165) is 17.9 Å². The van der Waals surface area contributed by atoms with Crippen LogP contribution < -0.4 is 10.2 Å². The van der Waals surface area contributed by atoms with Gasteiger partial charge in [0.25, 0.3) is 0 Å². The molecular formula is C16H15BN2O. The van der Waals surface area contributed by atoms with Crippen molar-refractivity contribution in [3.8, 4) is 17.7 Å². The number of hydrogen-bond donors (Lipinski definition) is 0. The molecule has 1 aromatic heterocycles. The number of aromatic nitrogens is 1. The Balaban J connectivity index is 1.93. The number of benzene rings is 1. The summed E-state index contributed by atoms with van der Waals surface area (Å²) in [6.07, 6.45) is 2.30. The summed E-state index contributed by atoms with van der Waals surface area (Å²) in [7, 11) is 0. The minimum atomic E-state index is 0.387. The van der Waals surface area contributed by atoms with Gasteiger partial charge in [0.05, 0.1) is 0 Å². The molecule has 98 valence electrons. The number of nitriles is 1. The van der Waals surface area contributed by atoms with Gasteiger partial charge in [0.15, 0.2) is 6.71 Å². The van der Waals surface area contributed by atoms with Crippen molar-refractivity contribution in [2.24, 2.45) is 0 Å². The smallest absolute Gasteiger partial charge is 0.237 e. The van der Waals surface area contributed by atoms with Crippen LogP contribution in [-0.2, 0) is 6.42 Å². The Kier molecular flexibility index (Phi) is 3.19. The maximum Gasteiger partial charge on any atom is 0.237 e. The van der Waals surface area contributed by atoms with Gasteiger partial charge in [-0.3, -0.25) is 0 Å². The molecule has 0 amide bonds. The lowest BCUT2D eigenvalue weighted by Gasteiger charge is -2.09. The Morgan fingerprint density at radius 3 is 2.95 bits per heavy atom. The van der Waals surface area contributed by atoms with Crippen molar-refractivity contribution in [3.63, 3.8) is 0 Å². The standard InChI is InChI=1S/C16H15BN2O/c1-11-3-4-13(10-18)16(19-11)20-14-5-6-15-12(9-14)7-8-17(15)2/h3-6,9H,7-8H2,1-2H3. The van der Waals surface area contributed by atoms with Gasteiger partial charge in [-0.1, -0.05) is 30.2 Å². The molecule has 0 unspecified atom stereocenters. The van der Waals surface area contributed by atoms with Crippen LogP contribution in [0.1, 0.15) is 16.8 Å². The highest BCUT2D eigenvalue weighted by atomic mass is 16.5. The molecule has 0 radical (unpaired) electrons. The number of nitrogens with zero attached hydrogens (tertiary/aromatic N) is 2. The van der Waals surface area contributed by atoms with E-state index in [1.807, 2.05) is 19.1 Å². The molecule has 0 bridgehead atoms. The largest absolute Gasteiger partial charge is 0.438 e. The van der Waals surface area contributed by atoms with Gasteiger partial charge in [-0.15, -0.1) is 0 Å². The van der Waals surface area contributed by atoms with Gasteiger partial charge in [-0.2, -0.15) is 5.26 Å². The Morgan fingerprint density at radius 1 is 1.30 bits per heavy atom. The number of rotatable bonds is 2. The Hall–Kier alpha value is -2.28. The van der Waals surface area contributed by atoms with Crippen LogP contribution in [0.2, 0.25) is 13.1 Å². The first-order valence-electron chi connectivity index (χ1n) is 6.86. The summed E-state index contributed by atoms with van der Waals surface area (Å²) in [5.41, 5.74) is 4.06. The van der Waals surface area contributed by atoms with Crippen molar-refractivity contribution < 1.29 is 4.74 Å². The van der Waals surface area contributed by atoms with Crippen molar-refractivity contribution in [1.29, 1.82) is 5.26 Å². The fourth-order valence-corrected chi connectivity index (χ4v) is 2.68. The number of ether oxygens (including phenoxy) is 1. The van der Waals surface area contributed by atoms with E-state index in [-0.39, 0.29) is 0 Å². The molecule has 0 spiro atoms. The highest BCUT2D eigenvalue weighted by molar-refractivity contribution is 6.73. The van der Waals surface area contributed by atoms with Gasteiger partial charge in [0.2, 0.25) is 5.88 Å². The number of hydrogen-bond acceptors (Lipinski definition) is 3. The van der Waals surface area contributed by atoms with Gasteiger partial charge in [0.1, 0.15) is 17.4 Å². The first kappa shape index (κ1) is 12.7. The van der Waals surface area contributed by atoms with Gasteiger partial charge >= 0.3 is 0 Å². The van der Waals surface area contributed by atoms with E-state index < -0.39 is 0 Å². The normalized spacial score (nSPS) is 12.9. The third kappa shape index (κ3) is 2.27. The zero-order valence-electron chi connectivity index (χ0n) is 11.7. The molecule has 0 N–H and O–H groups in total. The summed E-state index contributed by atoms with van der Waals surface area (Å²) in [6, 6.07) is 11.8. The minimum Gasteiger partial charge on any atom is -0.438 e. The van der Waals surface area contributed by atoms with E-state index in [0.29, 0.717) is 18.2 Å². The number of fused-ring (bicyclic) bond motifs is 1. The molecule has 0 atom stereocenters. The summed E-state index contributed by atoms with van der Waals surface area (Å²) < 4.78 is 5.81. The van der Waals surface area contributed by atoms with Crippen LogP contribution in [0.15, 0.2) is 30.3 Å². The van der Waals surface area contributed by atoms with E-state index in [1.54, 1.807) is 6.07 Å². The first-order chi connectivity index (χ1) is 9.67. The van der Waals surface area contributed by atoms with Gasteiger partial charge in [-0.05, 0) is 37.6 Å². The third-order valence-corrected chi connectivity index (χ3v) is 3.83. The Bertz CT molecular complexity index is 706. The molecule has 2 heterocycles. The maximum absolute atomic E-state index is 9.11. The van der Waals surface area contributed by atoms with Crippen molar-refractivity contribution in [2.45, 2.75) is 26.5 Å². The molecule has 3 rings (SSSR count). The molecular weight excluding hydrogens is 247 g/mol.